The third-order valence-corrected chi connectivity index (χ3v) is 6.10. The number of hydrogen-bond acceptors (Lipinski definition) is 6. The highest BCUT2D eigenvalue weighted by Gasteiger charge is 2.26. The molecule has 21 heavy (non-hydrogen) atoms. The standard InChI is InChI=1S/C13H19NO5S2/c1-19-13(16)12-11(5-6-20-12)21(17,18)14-8-9-3-2-4-10(15)7-9/h5-6,9-10,14-15H,2-4,7-8H2,1H3. The fourth-order valence-corrected chi connectivity index (χ4v) is 4.95. The molecule has 0 aliphatic heterocycles. The number of methoxy groups -OCH3 is 1. The van der Waals surface area contributed by atoms with Crippen LogP contribution in [0, 0.1) is 5.92 Å². The number of hydrogen-bond donors (Lipinski definition) is 2. The van der Waals surface area contributed by atoms with Crippen LogP contribution in [-0.4, -0.2) is 39.3 Å². The van der Waals surface area contributed by atoms with E-state index >= 15 is 0 Å². The Hall–Kier alpha value is -0.960. The number of sulfonamides is 1. The molecule has 1 aromatic rings. The molecule has 8 heteroatoms. The largest absolute Gasteiger partial charge is 0.465 e. The Morgan fingerprint density at radius 2 is 2.29 bits per heavy atom. The predicted octanol–water partition coefficient (Wildman–Crippen LogP) is 1.36. The van der Waals surface area contributed by atoms with Gasteiger partial charge in [-0.2, -0.15) is 0 Å². The van der Waals surface area contributed by atoms with E-state index in [-0.39, 0.29) is 28.3 Å². The molecule has 0 bridgehead atoms. The Kier molecular flexibility index (Phi) is 5.37. The molecule has 6 nitrogen and oxygen atoms in total. The zero-order chi connectivity index (χ0) is 15.5. The van der Waals surface area contributed by atoms with Crippen LogP contribution in [0.5, 0.6) is 0 Å². The maximum atomic E-state index is 12.3. The van der Waals surface area contributed by atoms with Gasteiger partial charge in [-0.25, -0.2) is 17.9 Å². The van der Waals surface area contributed by atoms with E-state index in [1.807, 2.05) is 0 Å². The Balaban J connectivity index is 2.05. The van der Waals surface area contributed by atoms with Crippen molar-refractivity contribution >= 4 is 27.3 Å². The van der Waals surface area contributed by atoms with E-state index in [1.54, 1.807) is 5.38 Å². The van der Waals surface area contributed by atoms with Crippen molar-refractivity contribution in [2.24, 2.45) is 5.92 Å². The fourth-order valence-electron chi connectivity index (χ4n) is 2.50. The summed E-state index contributed by atoms with van der Waals surface area (Å²) in [4.78, 5) is 11.6. The Labute approximate surface area is 128 Å². The van der Waals surface area contributed by atoms with Gasteiger partial charge in [0.15, 0.2) is 0 Å². The van der Waals surface area contributed by atoms with Gasteiger partial charge in [0.25, 0.3) is 0 Å². The molecule has 1 aromatic heterocycles. The van der Waals surface area contributed by atoms with Crippen LogP contribution in [0.25, 0.3) is 0 Å². The number of aliphatic hydroxyl groups is 1. The molecule has 0 saturated heterocycles. The van der Waals surface area contributed by atoms with E-state index in [0.29, 0.717) is 6.42 Å². The van der Waals surface area contributed by atoms with Gasteiger partial charge in [0.2, 0.25) is 10.0 Å². The zero-order valence-corrected chi connectivity index (χ0v) is 13.4. The molecule has 118 valence electrons. The Morgan fingerprint density at radius 3 is 2.95 bits per heavy atom. The first kappa shape index (κ1) is 16.4. The van der Waals surface area contributed by atoms with Crippen molar-refractivity contribution in [3.8, 4) is 0 Å². The van der Waals surface area contributed by atoms with Gasteiger partial charge in [-0.05, 0) is 36.6 Å². The van der Waals surface area contributed by atoms with E-state index < -0.39 is 16.0 Å². The minimum atomic E-state index is -3.74. The second-order valence-corrected chi connectivity index (χ2v) is 7.80. The van der Waals surface area contributed by atoms with Gasteiger partial charge in [-0.1, -0.05) is 6.42 Å². The van der Waals surface area contributed by atoms with Gasteiger partial charge in [0, 0.05) is 6.54 Å². The molecule has 1 aliphatic rings. The van der Waals surface area contributed by atoms with Crippen molar-refractivity contribution in [3.63, 3.8) is 0 Å². The highest BCUT2D eigenvalue weighted by molar-refractivity contribution is 7.89. The monoisotopic (exact) mass is 333 g/mol. The first-order valence-corrected chi connectivity index (χ1v) is 9.14. The predicted molar refractivity (Wildman–Crippen MR) is 78.8 cm³/mol. The van der Waals surface area contributed by atoms with Gasteiger partial charge in [-0.3, -0.25) is 0 Å². The summed E-state index contributed by atoms with van der Waals surface area (Å²) in [5.41, 5.74) is 0. The lowest BCUT2D eigenvalue weighted by atomic mass is 9.87. The number of esters is 1. The Bertz CT molecular complexity index is 595. The summed E-state index contributed by atoms with van der Waals surface area (Å²) in [7, 11) is -2.52. The summed E-state index contributed by atoms with van der Waals surface area (Å²) >= 11 is 1.04. The normalized spacial score (nSPS) is 23.0. The molecule has 2 N–H and O–H groups in total. The number of carbonyl (C=O) groups is 1. The summed E-state index contributed by atoms with van der Waals surface area (Å²) in [5, 5.41) is 11.2. The lowest BCUT2D eigenvalue weighted by molar-refractivity contribution is 0.0602. The number of rotatable bonds is 5. The summed E-state index contributed by atoms with van der Waals surface area (Å²) in [6.07, 6.45) is 2.84. The third kappa shape index (κ3) is 4.03. The molecule has 0 spiro atoms. The lowest BCUT2D eigenvalue weighted by Crippen LogP contribution is -2.33. The summed E-state index contributed by atoms with van der Waals surface area (Å²) in [6, 6.07) is 1.40. The molecular formula is C13H19NO5S2. The average Bonchev–Trinajstić information content (AvgIpc) is 2.95. The molecule has 1 fully saturated rings. The van der Waals surface area contributed by atoms with Crippen LogP contribution in [0.4, 0.5) is 0 Å². The first-order chi connectivity index (χ1) is 9.94. The van der Waals surface area contributed by atoms with Crippen molar-refractivity contribution in [3.05, 3.63) is 16.3 Å². The minimum absolute atomic E-state index is 0.0456. The maximum absolute atomic E-state index is 12.3. The van der Waals surface area contributed by atoms with E-state index in [1.165, 1.54) is 13.2 Å². The van der Waals surface area contributed by atoms with Gasteiger partial charge in [0.1, 0.15) is 9.77 Å². The summed E-state index contributed by atoms with van der Waals surface area (Å²) in [5.74, 6) is -0.526. The third-order valence-electron chi connectivity index (χ3n) is 3.61. The number of ether oxygens (including phenoxy) is 1. The van der Waals surface area contributed by atoms with Gasteiger partial charge < -0.3 is 9.84 Å². The van der Waals surface area contributed by atoms with E-state index in [4.69, 9.17) is 0 Å². The van der Waals surface area contributed by atoms with Gasteiger partial charge in [-0.15, -0.1) is 11.3 Å². The molecule has 0 radical (unpaired) electrons. The molecular weight excluding hydrogens is 314 g/mol. The van der Waals surface area contributed by atoms with Crippen molar-refractivity contribution in [2.45, 2.75) is 36.7 Å². The van der Waals surface area contributed by atoms with Crippen LogP contribution in [0.15, 0.2) is 16.3 Å². The average molecular weight is 333 g/mol. The Morgan fingerprint density at radius 1 is 1.52 bits per heavy atom. The van der Waals surface area contributed by atoms with E-state index in [2.05, 4.69) is 9.46 Å². The maximum Gasteiger partial charge on any atom is 0.349 e. The van der Waals surface area contributed by atoms with Crippen molar-refractivity contribution in [2.75, 3.05) is 13.7 Å². The number of nitrogens with one attached hydrogen (secondary N) is 1. The number of carbonyl (C=O) groups excluding carboxylic acids is 1. The van der Waals surface area contributed by atoms with Crippen molar-refractivity contribution < 1.29 is 23.1 Å². The number of aliphatic hydroxyl groups excluding tert-OH is 1. The summed E-state index contributed by atoms with van der Waals surface area (Å²) in [6.45, 7) is 0.274. The molecule has 0 aromatic carbocycles. The smallest absolute Gasteiger partial charge is 0.349 e. The van der Waals surface area contributed by atoms with Crippen LogP contribution in [0.3, 0.4) is 0 Å². The van der Waals surface area contributed by atoms with Crippen molar-refractivity contribution in [1.29, 1.82) is 0 Å². The molecule has 2 atom stereocenters. The van der Waals surface area contributed by atoms with Crippen LogP contribution in [-0.2, 0) is 14.8 Å². The molecule has 1 heterocycles. The van der Waals surface area contributed by atoms with Crippen LogP contribution >= 0.6 is 11.3 Å². The van der Waals surface area contributed by atoms with Crippen LogP contribution in [0.2, 0.25) is 0 Å². The SMILES string of the molecule is COC(=O)c1sccc1S(=O)(=O)NCC1CCCC(O)C1. The fraction of sp³-hybridized carbons (Fsp3) is 0.615. The summed E-state index contributed by atoms with van der Waals surface area (Å²) < 4.78 is 31.7. The van der Waals surface area contributed by atoms with E-state index in [0.717, 1.165) is 30.6 Å². The van der Waals surface area contributed by atoms with E-state index in [9.17, 15) is 18.3 Å². The molecule has 2 unspecified atom stereocenters. The quantitative estimate of drug-likeness (QED) is 0.794. The number of thiophene rings is 1. The van der Waals surface area contributed by atoms with Crippen molar-refractivity contribution in [1.82, 2.24) is 4.72 Å². The van der Waals surface area contributed by atoms with Gasteiger partial charge >= 0.3 is 5.97 Å². The highest BCUT2D eigenvalue weighted by atomic mass is 32.2. The zero-order valence-electron chi connectivity index (χ0n) is 11.7. The first-order valence-electron chi connectivity index (χ1n) is 6.77. The molecule has 1 aliphatic carbocycles. The second-order valence-electron chi connectivity index (χ2n) is 5.14. The van der Waals surface area contributed by atoms with Gasteiger partial charge in [0.05, 0.1) is 13.2 Å². The topological polar surface area (TPSA) is 92.7 Å². The lowest BCUT2D eigenvalue weighted by Gasteiger charge is -2.25. The molecule has 2 rings (SSSR count). The van der Waals surface area contributed by atoms with Crippen LogP contribution in [0.1, 0.15) is 35.4 Å². The highest BCUT2D eigenvalue weighted by Crippen LogP contribution is 2.26. The van der Waals surface area contributed by atoms with Crippen LogP contribution < -0.4 is 4.72 Å². The molecule has 1 saturated carbocycles. The molecule has 0 amide bonds. The second kappa shape index (κ2) is 6.87. The minimum Gasteiger partial charge on any atom is -0.465 e.